The van der Waals surface area contributed by atoms with Gasteiger partial charge in [-0.05, 0) is 39.7 Å². The Balaban J connectivity index is 2.29. The second kappa shape index (κ2) is 4.79. The lowest BCUT2D eigenvalue weighted by Crippen LogP contribution is -2.05. The highest BCUT2D eigenvalue weighted by Crippen LogP contribution is 2.24. The minimum absolute atomic E-state index is 0.0835. The molecule has 17 heavy (non-hydrogen) atoms. The molecule has 2 aromatic rings. The first-order chi connectivity index (χ1) is 8.09. The summed E-state index contributed by atoms with van der Waals surface area (Å²) in [7, 11) is 0. The second-order valence-electron chi connectivity index (χ2n) is 3.45. The van der Waals surface area contributed by atoms with Gasteiger partial charge in [-0.25, -0.2) is 8.78 Å². The van der Waals surface area contributed by atoms with Gasteiger partial charge in [0, 0.05) is 12.0 Å². The number of rotatable bonds is 3. The molecular weight excluding hydrogens is 294 g/mol. The van der Waals surface area contributed by atoms with Crippen LogP contribution in [0.5, 0.6) is 0 Å². The van der Waals surface area contributed by atoms with Gasteiger partial charge >= 0.3 is 0 Å². The highest BCUT2D eigenvalue weighted by atomic mass is 79.9. The molecule has 0 fully saturated rings. The van der Waals surface area contributed by atoms with E-state index in [1.54, 1.807) is 6.07 Å². The maximum atomic E-state index is 13.2. The van der Waals surface area contributed by atoms with Gasteiger partial charge in [0.05, 0.1) is 17.0 Å². The van der Waals surface area contributed by atoms with Crippen LogP contribution in [0.2, 0.25) is 0 Å². The van der Waals surface area contributed by atoms with E-state index in [1.165, 1.54) is 18.6 Å². The zero-order valence-corrected chi connectivity index (χ0v) is 10.1. The van der Waals surface area contributed by atoms with Crippen LogP contribution >= 0.6 is 15.9 Å². The van der Waals surface area contributed by atoms with E-state index in [2.05, 4.69) is 15.9 Å². The summed E-state index contributed by atoms with van der Waals surface area (Å²) in [6.45, 7) is 0. The van der Waals surface area contributed by atoms with Crippen LogP contribution in [0.4, 0.5) is 8.78 Å². The van der Waals surface area contributed by atoms with Crippen molar-refractivity contribution >= 4 is 21.7 Å². The normalized spacial score (nSPS) is 10.5. The molecule has 0 aliphatic carbocycles. The first kappa shape index (κ1) is 12.0. The molecule has 0 aliphatic rings. The third kappa shape index (κ3) is 2.44. The molecule has 2 rings (SSSR count). The summed E-state index contributed by atoms with van der Waals surface area (Å²) in [5.74, 6) is -2.35. The fourth-order valence-electron chi connectivity index (χ4n) is 1.42. The van der Waals surface area contributed by atoms with Crippen LogP contribution in [0.3, 0.4) is 0 Å². The third-order valence-corrected chi connectivity index (χ3v) is 3.06. The van der Waals surface area contributed by atoms with Gasteiger partial charge in [0.1, 0.15) is 0 Å². The summed E-state index contributed by atoms with van der Waals surface area (Å²) in [6.07, 6.45) is 2.97. The molecule has 0 unspecified atom stereocenters. The number of ketones is 1. The Morgan fingerprint density at radius 2 is 2.06 bits per heavy atom. The van der Waals surface area contributed by atoms with Gasteiger partial charge < -0.3 is 4.42 Å². The first-order valence-electron chi connectivity index (χ1n) is 4.77. The van der Waals surface area contributed by atoms with Crippen molar-refractivity contribution in [3.8, 4) is 0 Å². The molecule has 0 aliphatic heterocycles. The molecule has 0 atom stereocenters. The third-order valence-electron chi connectivity index (χ3n) is 2.28. The highest BCUT2D eigenvalue weighted by Gasteiger charge is 2.17. The van der Waals surface area contributed by atoms with Crippen LogP contribution in [0.15, 0.2) is 39.6 Å². The minimum atomic E-state index is -1.05. The molecule has 0 saturated carbocycles. The number of hydrogen-bond donors (Lipinski definition) is 0. The van der Waals surface area contributed by atoms with E-state index in [0.29, 0.717) is 5.56 Å². The Morgan fingerprint density at radius 1 is 1.29 bits per heavy atom. The van der Waals surface area contributed by atoms with E-state index in [4.69, 9.17) is 4.42 Å². The van der Waals surface area contributed by atoms with Crippen molar-refractivity contribution in [3.63, 3.8) is 0 Å². The quantitative estimate of drug-likeness (QED) is 0.638. The van der Waals surface area contributed by atoms with Crippen molar-refractivity contribution in [1.29, 1.82) is 0 Å². The molecule has 0 saturated heterocycles. The standard InChI is InChI=1S/C12H7BrF2O2/c13-11-8(1-2-9(14)12(11)15)10(16)5-7-3-4-17-6-7/h1-4,6H,5H2. The maximum absolute atomic E-state index is 13.2. The van der Waals surface area contributed by atoms with Gasteiger partial charge in [-0.1, -0.05) is 0 Å². The van der Waals surface area contributed by atoms with Gasteiger partial charge in [-0.2, -0.15) is 0 Å². The van der Waals surface area contributed by atoms with Gasteiger partial charge in [0.15, 0.2) is 17.4 Å². The molecule has 0 spiro atoms. The number of Topliss-reactive ketones (excluding diaryl/α,β-unsaturated/α-hetero) is 1. The van der Waals surface area contributed by atoms with E-state index >= 15 is 0 Å². The Labute approximate surface area is 104 Å². The molecular formula is C12H7BrF2O2. The lowest BCUT2D eigenvalue weighted by molar-refractivity contribution is 0.0991. The summed E-state index contributed by atoms with van der Waals surface area (Å²) >= 11 is 2.88. The monoisotopic (exact) mass is 300 g/mol. The molecule has 1 heterocycles. The lowest BCUT2D eigenvalue weighted by Gasteiger charge is -2.04. The average molecular weight is 301 g/mol. The smallest absolute Gasteiger partial charge is 0.173 e. The summed E-state index contributed by atoms with van der Waals surface area (Å²) in [5.41, 5.74) is 0.803. The van der Waals surface area contributed by atoms with Crippen LogP contribution < -0.4 is 0 Å². The van der Waals surface area contributed by atoms with E-state index in [9.17, 15) is 13.6 Å². The van der Waals surface area contributed by atoms with Crippen LogP contribution in [0, 0.1) is 11.6 Å². The Bertz CT molecular complexity index is 550. The van der Waals surface area contributed by atoms with Gasteiger partial charge in [0.2, 0.25) is 0 Å². The summed E-state index contributed by atoms with van der Waals surface area (Å²) in [5, 5.41) is 0. The zero-order valence-electron chi connectivity index (χ0n) is 8.54. The van der Waals surface area contributed by atoms with Crippen molar-refractivity contribution in [3.05, 3.63) is 58.0 Å². The van der Waals surface area contributed by atoms with Crippen molar-refractivity contribution in [2.45, 2.75) is 6.42 Å². The largest absolute Gasteiger partial charge is 0.472 e. The van der Waals surface area contributed by atoms with E-state index in [0.717, 1.165) is 6.07 Å². The number of benzene rings is 1. The molecule has 0 amide bonds. The molecule has 1 aromatic heterocycles. The Kier molecular flexibility index (Phi) is 3.38. The fourth-order valence-corrected chi connectivity index (χ4v) is 1.96. The topological polar surface area (TPSA) is 30.2 Å². The van der Waals surface area contributed by atoms with Crippen LogP contribution in [0.1, 0.15) is 15.9 Å². The Morgan fingerprint density at radius 3 is 2.71 bits per heavy atom. The molecule has 0 N–H and O–H groups in total. The van der Waals surface area contributed by atoms with Crippen molar-refractivity contribution < 1.29 is 18.0 Å². The average Bonchev–Trinajstić information content (AvgIpc) is 2.78. The van der Waals surface area contributed by atoms with Crippen molar-refractivity contribution in [2.24, 2.45) is 0 Å². The summed E-state index contributed by atoms with van der Waals surface area (Å²) in [4.78, 5) is 11.8. The predicted molar refractivity (Wildman–Crippen MR) is 60.8 cm³/mol. The number of carbonyl (C=O) groups is 1. The molecule has 5 heteroatoms. The zero-order chi connectivity index (χ0) is 12.4. The van der Waals surface area contributed by atoms with Gasteiger partial charge in [0.25, 0.3) is 0 Å². The number of halogens is 3. The molecule has 0 bridgehead atoms. The lowest BCUT2D eigenvalue weighted by atomic mass is 10.0. The van der Waals surface area contributed by atoms with E-state index in [1.807, 2.05) is 0 Å². The van der Waals surface area contributed by atoms with Crippen LogP contribution in [-0.4, -0.2) is 5.78 Å². The minimum Gasteiger partial charge on any atom is -0.472 e. The van der Waals surface area contributed by atoms with Crippen molar-refractivity contribution in [1.82, 2.24) is 0 Å². The van der Waals surface area contributed by atoms with Crippen LogP contribution in [-0.2, 0) is 6.42 Å². The number of carbonyl (C=O) groups excluding carboxylic acids is 1. The van der Waals surface area contributed by atoms with E-state index < -0.39 is 11.6 Å². The summed E-state index contributed by atoms with van der Waals surface area (Å²) in [6, 6.07) is 3.83. The highest BCUT2D eigenvalue weighted by molar-refractivity contribution is 9.10. The number of hydrogen-bond acceptors (Lipinski definition) is 2. The van der Waals surface area contributed by atoms with Gasteiger partial charge in [-0.15, -0.1) is 0 Å². The predicted octanol–water partition coefficient (Wildman–Crippen LogP) is 3.75. The van der Waals surface area contributed by atoms with Gasteiger partial charge in [-0.3, -0.25) is 4.79 Å². The summed E-state index contributed by atoms with van der Waals surface area (Å²) < 4.78 is 30.8. The van der Waals surface area contributed by atoms with Crippen LogP contribution in [0.25, 0.3) is 0 Å². The Hall–Kier alpha value is -1.49. The van der Waals surface area contributed by atoms with Crippen molar-refractivity contribution in [2.75, 3.05) is 0 Å². The SMILES string of the molecule is O=C(Cc1ccoc1)c1ccc(F)c(F)c1Br. The number of furan rings is 1. The second-order valence-corrected chi connectivity index (χ2v) is 4.25. The molecule has 2 nitrogen and oxygen atoms in total. The molecule has 1 aromatic carbocycles. The van der Waals surface area contributed by atoms with E-state index in [-0.39, 0.29) is 22.2 Å². The maximum Gasteiger partial charge on any atom is 0.173 e. The molecule has 88 valence electrons. The fraction of sp³-hybridized carbons (Fsp3) is 0.0833. The molecule has 0 radical (unpaired) electrons. The first-order valence-corrected chi connectivity index (χ1v) is 5.56.